The average Bonchev–Trinajstić information content (AvgIpc) is 2.62. The summed E-state index contributed by atoms with van der Waals surface area (Å²) in [4.78, 5) is 0. The molecule has 1 heterocycles. The lowest BCUT2D eigenvalue weighted by Gasteiger charge is -2.22. The molecule has 2 atom stereocenters. The molecule has 0 saturated heterocycles. The fourth-order valence-electron chi connectivity index (χ4n) is 2.30. The van der Waals surface area contributed by atoms with Crippen molar-refractivity contribution >= 4 is 0 Å². The summed E-state index contributed by atoms with van der Waals surface area (Å²) in [5, 5.41) is 10.2. The molecule has 0 aliphatic carbocycles. The summed E-state index contributed by atoms with van der Waals surface area (Å²) in [5.74, 6) is 0. The van der Waals surface area contributed by atoms with Gasteiger partial charge in [0.2, 0.25) is 0 Å². The van der Waals surface area contributed by atoms with E-state index in [-0.39, 0.29) is 6.10 Å². The lowest BCUT2D eigenvalue weighted by molar-refractivity contribution is -0.0772. The van der Waals surface area contributed by atoms with Crippen LogP contribution < -0.4 is 0 Å². The van der Waals surface area contributed by atoms with Gasteiger partial charge >= 0.3 is 0 Å². The van der Waals surface area contributed by atoms with Crippen molar-refractivity contribution in [2.24, 2.45) is 0 Å². The normalized spacial score (nSPS) is 23.4. The predicted molar refractivity (Wildman–Crippen MR) is 79.5 cm³/mol. The van der Waals surface area contributed by atoms with Gasteiger partial charge in [0.25, 0.3) is 0 Å². The van der Waals surface area contributed by atoms with Gasteiger partial charge in [-0.25, -0.2) is 0 Å². The Hall–Kier alpha value is -1.16. The van der Waals surface area contributed by atoms with E-state index in [1.165, 1.54) is 0 Å². The third kappa shape index (κ3) is 5.45. The second-order valence-corrected chi connectivity index (χ2v) is 5.17. The van der Waals surface area contributed by atoms with E-state index in [9.17, 15) is 5.11 Å². The number of allylic oxidation sites excluding steroid dienone is 2. The van der Waals surface area contributed by atoms with Crippen LogP contribution in [0, 0.1) is 0 Å². The zero-order chi connectivity index (χ0) is 14.0. The highest BCUT2D eigenvalue weighted by atomic mass is 16.5. The van der Waals surface area contributed by atoms with E-state index in [0.717, 1.165) is 31.2 Å². The van der Waals surface area contributed by atoms with Gasteiger partial charge in [-0.1, -0.05) is 42.5 Å². The fourth-order valence-corrected chi connectivity index (χ4v) is 2.30. The van der Waals surface area contributed by atoms with Crippen LogP contribution in [0.3, 0.4) is 0 Å². The van der Waals surface area contributed by atoms with Crippen molar-refractivity contribution in [1.29, 1.82) is 0 Å². The Morgan fingerprint density at radius 3 is 2.85 bits per heavy atom. The minimum atomic E-state index is -0.551. The van der Waals surface area contributed by atoms with Crippen molar-refractivity contribution in [2.75, 3.05) is 13.2 Å². The van der Waals surface area contributed by atoms with Crippen LogP contribution in [0.5, 0.6) is 0 Å². The van der Waals surface area contributed by atoms with Crippen LogP contribution in [0.1, 0.15) is 31.2 Å². The summed E-state index contributed by atoms with van der Waals surface area (Å²) in [6, 6.07) is 10.0. The second-order valence-electron chi connectivity index (χ2n) is 5.17. The average molecular weight is 276 g/mol. The SMILES string of the molecule is O[C@@H](COCc1ccccc1)[C@H]1CC/C=C\CCCO1. The first-order chi connectivity index (χ1) is 9.86. The molecule has 1 aliphatic rings. The monoisotopic (exact) mass is 276 g/mol. The highest BCUT2D eigenvalue weighted by Gasteiger charge is 2.19. The Kier molecular flexibility index (Phi) is 6.78. The number of hydrogen-bond acceptors (Lipinski definition) is 3. The van der Waals surface area contributed by atoms with Crippen molar-refractivity contribution in [3.63, 3.8) is 0 Å². The van der Waals surface area contributed by atoms with Crippen LogP contribution in [-0.4, -0.2) is 30.5 Å². The third-order valence-corrected chi connectivity index (χ3v) is 3.46. The molecule has 1 aliphatic heterocycles. The van der Waals surface area contributed by atoms with Crippen LogP contribution in [0.15, 0.2) is 42.5 Å². The van der Waals surface area contributed by atoms with Gasteiger partial charge in [0.1, 0.15) is 6.10 Å². The van der Waals surface area contributed by atoms with Gasteiger partial charge in [0.15, 0.2) is 0 Å². The van der Waals surface area contributed by atoms with Gasteiger partial charge in [0.05, 0.1) is 19.3 Å². The van der Waals surface area contributed by atoms with Crippen molar-refractivity contribution < 1.29 is 14.6 Å². The molecule has 3 heteroatoms. The minimum absolute atomic E-state index is 0.117. The minimum Gasteiger partial charge on any atom is -0.388 e. The molecular weight excluding hydrogens is 252 g/mol. The molecule has 0 unspecified atom stereocenters. The van der Waals surface area contributed by atoms with Gasteiger partial charge in [-0.15, -0.1) is 0 Å². The summed E-state index contributed by atoms with van der Waals surface area (Å²) < 4.78 is 11.3. The lowest BCUT2D eigenvalue weighted by Crippen LogP contribution is -2.33. The molecule has 2 rings (SSSR count). The second kappa shape index (κ2) is 8.90. The zero-order valence-electron chi connectivity index (χ0n) is 11.9. The van der Waals surface area contributed by atoms with Crippen molar-refractivity contribution in [2.45, 2.75) is 44.5 Å². The van der Waals surface area contributed by atoms with E-state index in [0.29, 0.717) is 19.8 Å². The quantitative estimate of drug-likeness (QED) is 0.840. The summed E-state index contributed by atoms with van der Waals surface area (Å²) >= 11 is 0. The predicted octanol–water partition coefficient (Wildman–Crippen LogP) is 3.08. The molecule has 1 aromatic carbocycles. The maximum absolute atomic E-state index is 10.2. The zero-order valence-corrected chi connectivity index (χ0v) is 11.9. The largest absolute Gasteiger partial charge is 0.388 e. The van der Waals surface area contributed by atoms with Crippen LogP contribution in [0.25, 0.3) is 0 Å². The molecule has 0 bridgehead atoms. The molecule has 1 N–H and O–H groups in total. The van der Waals surface area contributed by atoms with Crippen molar-refractivity contribution in [3.05, 3.63) is 48.0 Å². The number of benzene rings is 1. The van der Waals surface area contributed by atoms with Crippen molar-refractivity contribution in [1.82, 2.24) is 0 Å². The van der Waals surface area contributed by atoms with E-state index >= 15 is 0 Å². The topological polar surface area (TPSA) is 38.7 Å². The maximum atomic E-state index is 10.2. The molecule has 3 nitrogen and oxygen atoms in total. The van der Waals surface area contributed by atoms with E-state index < -0.39 is 6.10 Å². The fraction of sp³-hybridized carbons (Fsp3) is 0.529. The van der Waals surface area contributed by atoms with Gasteiger partial charge in [-0.2, -0.15) is 0 Å². The molecule has 0 aromatic heterocycles. The maximum Gasteiger partial charge on any atom is 0.103 e. The highest BCUT2D eigenvalue weighted by Crippen LogP contribution is 2.13. The van der Waals surface area contributed by atoms with Crippen molar-refractivity contribution in [3.8, 4) is 0 Å². The standard InChI is InChI=1S/C17H24O3/c18-16(14-19-13-15-9-5-4-6-10-15)17-11-7-2-1-3-8-12-20-17/h1-2,4-6,9-10,16-18H,3,7-8,11-14H2/b2-1-/t16-,17+/m0/s1. The lowest BCUT2D eigenvalue weighted by atomic mass is 10.1. The molecular formula is C17H24O3. The van der Waals surface area contributed by atoms with Gasteiger partial charge in [0, 0.05) is 6.61 Å². The van der Waals surface area contributed by atoms with Gasteiger partial charge in [-0.3, -0.25) is 0 Å². The van der Waals surface area contributed by atoms with E-state index in [4.69, 9.17) is 9.47 Å². The molecule has 0 fully saturated rings. The van der Waals surface area contributed by atoms with Crippen LogP contribution >= 0.6 is 0 Å². The number of rotatable bonds is 5. The summed E-state index contributed by atoms with van der Waals surface area (Å²) in [6.07, 6.45) is 7.60. The Morgan fingerprint density at radius 1 is 1.20 bits per heavy atom. The van der Waals surface area contributed by atoms with Crippen LogP contribution in [0.2, 0.25) is 0 Å². The van der Waals surface area contributed by atoms with E-state index in [1.807, 2.05) is 30.3 Å². The molecule has 0 spiro atoms. The van der Waals surface area contributed by atoms with Crippen LogP contribution in [-0.2, 0) is 16.1 Å². The van der Waals surface area contributed by atoms with Crippen LogP contribution in [0.4, 0.5) is 0 Å². The number of ether oxygens (including phenoxy) is 2. The van der Waals surface area contributed by atoms with Gasteiger partial charge < -0.3 is 14.6 Å². The Bertz CT molecular complexity index is 388. The Balaban J connectivity index is 1.72. The summed E-state index contributed by atoms with van der Waals surface area (Å²) in [7, 11) is 0. The first kappa shape index (κ1) is 15.2. The molecule has 20 heavy (non-hydrogen) atoms. The number of hydrogen-bond donors (Lipinski definition) is 1. The van der Waals surface area contributed by atoms with Gasteiger partial charge in [-0.05, 0) is 31.2 Å². The Morgan fingerprint density at radius 2 is 2.00 bits per heavy atom. The molecule has 110 valence electrons. The first-order valence-electron chi connectivity index (χ1n) is 7.42. The number of aliphatic hydroxyl groups is 1. The summed E-state index contributed by atoms with van der Waals surface area (Å²) in [6.45, 7) is 1.57. The molecule has 0 amide bonds. The van der Waals surface area contributed by atoms with E-state index in [1.54, 1.807) is 0 Å². The summed E-state index contributed by atoms with van der Waals surface area (Å²) in [5.41, 5.74) is 1.12. The number of aliphatic hydroxyl groups excluding tert-OH is 1. The third-order valence-electron chi connectivity index (χ3n) is 3.46. The Labute approximate surface area is 121 Å². The molecule has 1 aromatic rings. The molecule has 0 saturated carbocycles. The smallest absolute Gasteiger partial charge is 0.103 e. The van der Waals surface area contributed by atoms with E-state index in [2.05, 4.69) is 12.2 Å². The highest BCUT2D eigenvalue weighted by molar-refractivity contribution is 5.13. The molecule has 0 radical (unpaired) electrons. The first-order valence-corrected chi connectivity index (χ1v) is 7.42.